The van der Waals surface area contributed by atoms with Gasteiger partial charge in [0.05, 0.1) is 7.11 Å². The van der Waals surface area contributed by atoms with Crippen LogP contribution < -0.4 is 5.56 Å². The molecule has 1 N–H and O–H groups in total. The zero-order valence-corrected chi connectivity index (χ0v) is 9.93. The fourth-order valence-electron chi connectivity index (χ4n) is 2.32. The van der Waals surface area contributed by atoms with Crippen LogP contribution in [0, 0.1) is 0 Å². The lowest BCUT2D eigenvalue weighted by atomic mass is 9.90. The standard InChI is InChI=1S/C11H16N2O4/c1-7-5-8(9-6-10(14)12-17-9)3-4-13(7)11(15)16-2/h6-8H,3-5H2,1-2H3,(H,12,14)/t7-,8-/m0/s1. The molecule has 17 heavy (non-hydrogen) atoms. The Morgan fingerprint density at radius 2 is 2.41 bits per heavy atom. The third-order valence-corrected chi connectivity index (χ3v) is 3.23. The first-order valence-electron chi connectivity index (χ1n) is 5.65. The SMILES string of the molecule is COC(=O)N1CC[C@H](c2cc(=O)[nH]o2)C[C@@H]1C. The van der Waals surface area contributed by atoms with Crippen LogP contribution in [0.4, 0.5) is 4.79 Å². The number of carbonyl (C=O) groups is 1. The van der Waals surface area contributed by atoms with Gasteiger partial charge in [0.25, 0.3) is 5.56 Å². The lowest BCUT2D eigenvalue weighted by Gasteiger charge is -2.35. The minimum absolute atomic E-state index is 0.0846. The van der Waals surface area contributed by atoms with Gasteiger partial charge in [0.1, 0.15) is 5.76 Å². The first-order valence-corrected chi connectivity index (χ1v) is 5.65. The number of hydrogen-bond donors (Lipinski definition) is 1. The number of likely N-dealkylation sites (tertiary alicyclic amines) is 1. The molecular formula is C11H16N2O4. The Kier molecular flexibility index (Phi) is 3.21. The van der Waals surface area contributed by atoms with E-state index in [4.69, 9.17) is 9.26 Å². The third kappa shape index (κ3) is 2.35. The highest BCUT2D eigenvalue weighted by molar-refractivity contribution is 5.67. The van der Waals surface area contributed by atoms with Gasteiger partial charge in [0.15, 0.2) is 0 Å². The molecule has 1 fully saturated rings. The van der Waals surface area contributed by atoms with Gasteiger partial charge in [-0.2, -0.15) is 5.16 Å². The molecule has 1 aliphatic rings. The van der Waals surface area contributed by atoms with Gasteiger partial charge >= 0.3 is 6.09 Å². The number of hydrogen-bond acceptors (Lipinski definition) is 4. The van der Waals surface area contributed by atoms with E-state index in [-0.39, 0.29) is 23.6 Å². The summed E-state index contributed by atoms with van der Waals surface area (Å²) in [4.78, 5) is 24.1. The minimum Gasteiger partial charge on any atom is -0.453 e. The van der Waals surface area contributed by atoms with E-state index in [1.54, 1.807) is 4.90 Å². The quantitative estimate of drug-likeness (QED) is 0.802. The summed E-state index contributed by atoms with van der Waals surface area (Å²) >= 11 is 0. The molecule has 0 aromatic carbocycles. The molecule has 0 saturated carbocycles. The van der Waals surface area contributed by atoms with E-state index in [1.807, 2.05) is 6.92 Å². The monoisotopic (exact) mass is 240 g/mol. The van der Waals surface area contributed by atoms with E-state index < -0.39 is 0 Å². The van der Waals surface area contributed by atoms with Crippen molar-refractivity contribution in [2.75, 3.05) is 13.7 Å². The molecule has 0 spiro atoms. The van der Waals surface area contributed by atoms with Crippen molar-refractivity contribution < 1.29 is 14.1 Å². The first kappa shape index (κ1) is 11.8. The highest BCUT2D eigenvalue weighted by atomic mass is 16.5. The molecule has 2 heterocycles. The van der Waals surface area contributed by atoms with Gasteiger partial charge in [0, 0.05) is 24.6 Å². The highest BCUT2D eigenvalue weighted by Crippen LogP contribution is 2.30. The number of aromatic amines is 1. The molecule has 0 radical (unpaired) electrons. The normalized spacial score (nSPS) is 24.7. The van der Waals surface area contributed by atoms with Gasteiger partial charge < -0.3 is 14.2 Å². The van der Waals surface area contributed by atoms with E-state index in [9.17, 15) is 9.59 Å². The van der Waals surface area contributed by atoms with Gasteiger partial charge in [0.2, 0.25) is 0 Å². The molecule has 2 atom stereocenters. The van der Waals surface area contributed by atoms with Crippen LogP contribution in [0.5, 0.6) is 0 Å². The second kappa shape index (κ2) is 4.65. The Hall–Kier alpha value is -1.72. The summed E-state index contributed by atoms with van der Waals surface area (Å²) in [6.45, 7) is 2.58. The zero-order valence-electron chi connectivity index (χ0n) is 9.93. The molecule has 6 heteroatoms. The van der Waals surface area contributed by atoms with E-state index in [0.717, 1.165) is 12.8 Å². The Morgan fingerprint density at radius 3 is 2.94 bits per heavy atom. The molecule has 0 aliphatic carbocycles. The average Bonchev–Trinajstić information content (AvgIpc) is 2.75. The second-order valence-corrected chi connectivity index (χ2v) is 4.35. The fourth-order valence-corrected chi connectivity index (χ4v) is 2.32. The molecule has 6 nitrogen and oxygen atoms in total. The number of nitrogens with zero attached hydrogens (tertiary/aromatic N) is 1. The maximum Gasteiger partial charge on any atom is 0.409 e. The highest BCUT2D eigenvalue weighted by Gasteiger charge is 2.31. The lowest BCUT2D eigenvalue weighted by molar-refractivity contribution is 0.0870. The van der Waals surface area contributed by atoms with Gasteiger partial charge in [-0.1, -0.05) is 0 Å². The molecule has 2 rings (SSSR count). The molecule has 1 saturated heterocycles. The minimum atomic E-state index is -0.300. The van der Waals surface area contributed by atoms with Gasteiger partial charge in [-0.15, -0.1) is 0 Å². The van der Waals surface area contributed by atoms with Crippen LogP contribution in [-0.4, -0.2) is 35.8 Å². The first-order chi connectivity index (χ1) is 8.11. The Morgan fingerprint density at radius 1 is 1.65 bits per heavy atom. The van der Waals surface area contributed by atoms with Gasteiger partial charge in [-0.25, -0.2) is 4.79 Å². The van der Waals surface area contributed by atoms with Crippen LogP contribution in [-0.2, 0) is 4.74 Å². The molecular weight excluding hydrogens is 224 g/mol. The van der Waals surface area contributed by atoms with Gasteiger partial charge in [-0.05, 0) is 19.8 Å². The second-order valence-electron chi connectivity index (χ2n) is 4.35. The summed E-state index contributed by atoms with van der Waals surface area (Å²) < 4.78 is 9.81. The van der Waals surface area contributed by atoms with Crippen LogP contribution in [0.1, 0.15) is 31.4 Å². The van der Waals surface area contributed by atoms with Crippen LogP contribution in [0.15, 0.2) is 15.4 Å². The predicted molar refractivity (Wildman–Crippen MR) is 59.9 cm³/mol. The van der Waals surface area contributed by atoms with Crippen molar-refractivity contribution in [1.82, 2.24) is 10.1 Å². The van der Waals surface area contributed by atoms with E-state index in [1.165, 1.54) is 13.2 Å². The molecule has 1 aromatic rings. The summed E-state index contributed by atoms with van der Waals surface area (Å²) in [7, 11) is 1.38. The zero-order chi connectivity index (χ0) is 12.4. The summed E-state index contributed by atoms with van der Waals surface area (Å²) in [6, 6.07) is 1.56. The number of ether oxygens (including phenoxy) is 1. The summed E-state index contributed by atoms with van der Waals surface area (Å²) in [5, 5.41) is 2.29. The van der Waals surface area contributed by atoms with Crippen LogP contribution in [0.25, 0.3) is 0 Å². The molecule has 1 aliphatic heterocycles. The van der Waals surface area contributed by atoms with Gasteiger partial charge in [-0.3, -0.25) is 4.79 Å². The van der Waals surface area contributed by atoms with Crippen LogP contribution in [0.3, 0.4) is 0 Å². The number of aromatic nitrogens is 1. The maximum absolute atomic E-state index is 11.4. The van der Waals surface area contributed by atoms with Crippen molar-refractivity contribution in [2.24, 2.45) is 0 Å². The summed E-state index contributed by atoms with van der Waals surface area (Å²) in [5.41, 5.74) is -0.219. The van der Waals surface area contributed by atoms with E-state index in [2.05, 4.69) is 5.16 Å². The Balaban J connectivity index is 2.04. The number of rotatable bonds is 1. The number of amides is 1. The smallest absolute Gasteiger partial charge is 0.409 e. The van der Waals surface area contributed by atoms with Crippen molar-refractivity contribution in [3.63, 3.8) is 0 Å². The van der Waals surface area contributed by atoms with Crippen LogP contribution >= 0.6 is 0 Å². The number of nitrogens with one attached hydrogen (secondary N) is 1. The number of carbonyl (C=O) groups excluding carboxylic acids is 1. The number of H-pyrrole nitrogens is 1. The molecule has 0 unspecified atom stereocenters. The van der Waals surface area contributed by atoms with Crippen LogP contribution in [0.2, 0.25) is 0 Å². The molecule has 1 amide bonds. The summed E-state index contributed by atoms with van der Waals surface area (Å²) in [6.07, 6.45) is 1.25. The van der Waals surface area contributed by atoms with Crippen molar-refractivity contribution in [3.05, 3.63) is 22.2 Å². The van der Waals surface area contributed by atoms with E-state index in [0.29, 0.717) is 12.3 Å². The Labute approximate surface area is 98.5 Å². The number of methoxy groups -OCH3 is 1. The molecule has 1 aromatic heterocycles. The Bertz CT molecular complexity index is 450. The van der Waals surface area contributed by atoms with Crippen molar-refractivity contribution in [3.8, 4) is 0 Å². The summed E-state index contributed by atoms with van der Waals surface area (Å²) in [5.74, 6) is 0.858. The lowest BCUT2D eigenvalue weighted by Crippen LogP contribution is -2.44. The number of piperidine rings is 1. The van der Waals surface area contributed by atoms with E-state index >= 15 is 0 Å². The van der Waals surface area contributed by atoms with Crippen molar-refractivity contribution >= 4 is 6.09 Å². The topological polar surface area (TPSA) is 75.5 Å². The molecule has 0 bridgehead atoms. The van der Waals surface area contributed by atoms with Crippen molar-refractivity contribution in [1.29, 1.82) is 0 Å². The predicted octanol–water partition coefficient (Wildman–Crippen LogP) is 1.30. The third-order valence-electron chi connectivity index (χ3n) is 3.23. The molecule has 94 valence electrons. The average molecular weight is 240 g/mol. The maximum atomic E-state index is 11.4. The fraction of sp³-hybridized carbons (Fsp3) is 0.636. The largest absolute Gasteiger partial charge is 0.453 e. The van der Waals surface area contributed by atoms with Crippen molar-refractivity contribution in [2.45, 2.75) is 31.7 Å².